The molecule has 2 aromatic carbocycles. The maximum atomic E-state index is 12.4. The number of rotatable bonds is 4. The van der Waals surface area contributed by atoms with Crippen LogP contribution in [-0.4, -0.2) is 36.4 Å². The fourth-order valence-corrected chi connectivity index (χ4v) is 3.41. The SMILES string of the molecule is O=C1NC(c2ccccc2OCC(=O)N2CCCC2)Nc2ccccc21. The highest BCUT2D eigenvalue weighted by Gasteiger charge is 2.26. The van der Waals surface area contributed by atoms with Gasteiger partial charge in [0.15, 0.2) is 6.61 Å². The number of nitrogens with one attached hydrogen (secondary N) is 2. The second-order valence-corrected chi connectivity index (χ2v) is 6.51. The molecule has 1 saturated heterocycles. The predicted molar refractivity (Wildman–Crippen MR) is 98.0 cm³/mol. The van der Waals surface area contributed by atoms with Crippen LogP contribution in [0.4, 0.5) is 5.69 Å². The normalized spacial score (nSPS) is 18.7. The van der Waals surface area contributed by atoms with E-state index in [0.29, 0.717) is 11.3 Å². The first-order chi connectivity index (χ1) is 12.7. The molecule has 2 aliphatic rings. The molecular weight excluding hydrogens is 330 g/mol. The average Bonchev–Trinajstić information content (AvgIpc) is 3.21. The summed E-state index contributed by atoms with van der Waals surface area (Å²) < 4.78 is 5.81. The van der Waals surface area contributed by atoms with Crippen LogP contribution in [0, 0.1) is 0 Å². The van der Waals surface area contributed by atoms with E-state index in [1.165, 1.54) is 0 Å². The smallest absolute Gasteiger partial charge is 0.260 e. The molecule has 0 saturated carbocycles. The second-order valence-electron chi connectivity index (χ2n) is 6.51. The van der Waals surface area contributed by atoms with Gasteiger partial charge in [-0.3, -0.25) is 9.59 Å². The summed E-state index contributed by atoms with van der Waals surface area (Å²) in [5, 5.41) is 6.27. The summed E-state index contributed by atoms with van der Waals surface area (Å²) in [4.78, 5) is 26.4. The Kier molecular flexibility index (Phi) is 4.48. The van der Waals surface area contributed by atoms with Gasteiger partial charge in [0.25, 0.3) is 11.8 Å². The molecule has 2 amide bonds. The summed E-state index contributed by atoms with van der Waals surface area (Å²) in [7, 11) is 0. The summed E-state index contributed by atoms with van der Waals surface area (Å²) in [6, 6.07) is 14.8. The first-order valence-electron chi connectivity index (χ1n) is 8.88. The lowest BCUT2D eigenvalue weighted by Crippen LogP contribution is -2.38. The Hall–Kier alpha value is -3.02. The molecule has 6 heteroatoms. The van der Waals surface area contributed by atoms with Crippen molar-refractivity contribution >= 4 is 17.5 Å². The van der Waals surface area contributed by atoms with Gasteiger partial charge in [0.1, 0.15) is 11.9 Å². The number of carbonyl (C=O) groups excluding carboxylic acids is 2. The number of para-hydroxylation sites is 2. The Labute approximate surface area is 152 Å². The monoisotopic (exact) mass is 351 g/mol. The molecule has 26 heavy (non-hydrogen) atoms. The quantitative estimate of drug-likeness (QED) is 0.888. The molecule has 2 N–H and O–H groups in total. The van der Waals surface area contributed by atoms with Crippen LogP contribution < -0.4 is 15.4 Å². The molecule has 1 unspecified atom stereocenters. The Morgan fingerprint density at radius 3 is 2.62 bits per heavy atom. The van der Waals surface area contributed by atoms with Crippen LogP contribution >= 0.6 is 0 Å². The molecule has 2 aliphatic heterocycles. The minimum Gasteiger partial charge on any atom is -0.483 e. The molecule has 134 valence electrons. The van der Waals surface area contributed by atoms with E-state index in [-0.39, 0.29) is 18.4 Å². The zero-order valence-corrected chi connectivity index (χ0v) is 14.4. The van der Waals surface area contributed by atoms with Crippen molar-refractivity contribution < 1.29 is 14.3 Å². The number of hydrogen-bond acceptors (Lipinski definition) is 4. The van der Waals surface area contributed by atoms with Crippen LogP contribution in [0.2, 0.25) is 0 Å². The Morgan fingerprint density at radius 1 is 1.04 bits per heavy atom. The fourth-order valence-electron chi connectivity index (χ4n) is 3.41. The number of ether oxygens (including phenoxy) is 1. The van der Waals surface area contributed by atoms with Crippen molar-refractivity contribution in [1.29, 1.82) is 0 Å². The van der Waals surface area contributed by atoms with Crippen LogP contribution in [0.1, 0.15) is 34.9 Å². The van der Waals surface area contributed by atoms with Crippen molar-refractivity contribution in [2.45, 2.75) is 19.0 Å². The third kappa shape index (κ3) is 3.22. The van der Waals surface area contributed by atoms with Gasteiger partial charge in [-0.1, -0.05) is 30.3 Å². The third-order valence-corrected chi connectivity index (χ3v) is 4.79. The number of hydrogen-bond donors (Lipinski definition) is 2. The summed E-state index contributed by atoms with van der Waals surface area (Å²) >= 11 is 0. The van der Waals surface area contributed by atoms with E-state index in [0.717, 1.165) is 37.2 Å². The maximum absolute atomic E-state index is 12.4. The maximum Gasteiger partial charge on any atom is 0.260 e. The van der Waals surface area contributed by atoms with Crippen molar-refractivity contribution in [2.75, 3.05) is 25.0 Å². The molecule has 1 atom stereocenters. The molecule has 2 aromatic rings. The zero-order chi connectivity index (χ0) is 17.9. The Morgan fingerprint density at radius 2 is 1.77 bits per heavy atom. The van der Waals surface area contributed by atoms with Crippen molar-refractivity contribution in [1.82, 2.24) is 10.2 Å². The lowest BCUT2D eigenvalue weighted by molar-refractivity contribution is -0.132. The molecule has 4 rings (SSSR count). The topological polar surface area (TPSA) is 70.7 Å². The molecule has 0 spiro atoms. The van der Waals surface area contributed by atoms with Crippen LogP contribution in [-0.2, 0) is 4.79 Å². The van der Waals surface area contributed by atoms with Crippen LogP contribution in [0.25, 0.3) is 0 Å². The van der Waals surface area contributed by atoms with Gasteiger partial charge < -0.3 is 20.3 Å². The van der Waals surface area contributed by atoms with E-state index >= 15 is 0 Å². The number of nitrogens with zero attached hydrogens (tertiary/aromatic N) is 1. The van der Waals surface area contributed by atoms with Gasteiger partial charge in [-0.05, 0) is 31.0 Å². The van der Waals surface area contributed by atoms with Crippen molar-refractivity contribution in [3.05, 3.63) is 59.7 Å². The highest BCUT2D eigenvalue weighted by Crippen LogP contribution is 2.31. The lowest BCUT2D eigenvalue weighted by atomic mass is 10.1. The van der Waals surface area contributed by atoms with Gasteiger partial charge in [0.2, 0.25) is 0 Å². The summed E-state index contributed by atoms with van der Waals surface area (Å²) in [5.41, 5.74) is 2.19. The van der Waals surface area contributed by atoms with Crippen molar-refractivity contribution in [3.63, 3.8) is 0 Å². The Bertz CT molecular complexity index is 831. The van der Waals surface area contributed by atoms with E-state index in [2.05, 4.69) is 10.6 Å². The highest BCUT2D eigenvalue weighted by atomic mass is 16.5. The molecule has 2 heterocycles. The lowest BCUT2D eigenvalue weighted by Gasteiger charge is -2.29. The number of carbonyl (C=O) groups is 2. The minimum atomic E-state index is -0.407. The van der Waals surface area contributed by atoms with Crippen molar-refractivity contribution in [2.24, 2.45) is 0 Å². The van der Waals surface area contributed by atoms with E-state index < -0.39 is 6.17 Å². The largest absolute Gasteiger partial charge is 0.483 e. The molecule has 6 nitrogen and oxygen atoms in total. The average molecular weight is 351 g/mol. The molecule has 0 radical (unpaired) electrons. The van der Waals surface area contributed by atoms with Gasteiger partial charge in [0.05, 0.1) is 5.56 Å². The first-order valence-corrected chi connectivity index (χ1v) is 8.88. The van der Waals surface area contributed by atoms with E-state index in [1.807, 2.05) is 47.4 Å². The van der Waals surface area contributed by atoms with Gasteiger partial charge in [-0.25, -0.2) is 0 Å². The van der Waals surface area contributed by atoms with E-state index in [9.17, 15) is 9.59 Å². The van der Waals surface area contributed by atoms with Gasteiger partial charge >= 0.3 is 0 Å². The second kappa shape index (κ2) is 7.07. The number of anilines is 1. The van der Waals surface area contributed by atoms with Crippen LogP contribution in [0.15, 0.2) is 48.5 Å². The number of fused-ring (bicyclic) bond motifs is 1. The van der Waals surface area contributed by atoms with Crippen LogP contribution in [0.3, 0.4) is 0 Å². The van der Waals surface area contributed by atoms with Gasteiger partial charge in [0, 0.05) is 24.3 Å². The summed E-state index contributed by atoms with van der Waals surface area (Å²) in [6.07, 6.45) is 1.70. The Balaban J connectivity index is 1.51. The van der Waals surface area contributed by atoms with E-state index in [4.69, 9.17) is 4.74 Å². The molecule has 0 bridgehead atoms. The van der Waals surface area contributed by atoms with E-state index in [1.54, 1.807) is 6.07 Å². The zero-order valence-electron chi connectivity index (χ0n) is 14.4. The van der Waals surface area contributed by atoms with Crippen LogP contribution in [0.5, 0.6) is 5.75 Å². The summed E-state index contributed by atoms with van der Waals surface area (Å²) in [5.74, 6) is 0.466. The molecular formula is C20H21N3O3. The first kappa shape index (κ1) is 16.4. The minimum absolute atomic E-state index is 0.00304. The molecule has 0 aromatic heterocycles. The molecule has 0 aliphatic carbocycles. The fraction of sp³-hybridized carbons (Fsp3) is 0.300. The number of amides is 2. The third-order valence-electron chi connectivity index (χ3n) is 4.79. The number of likely N-dealkylation sites (tertiary alicyclic amines) is 1. The van der Waals surface area contributed by atoms with Gasteiger partial charge in [-0.15, -0.1) is 0 Å². The standard InChI is InChI=1S/C20H21N3O3/c24-18(23-11-5-6-12-23)13-26-17-10-4-2-8-15(17)19-21-16-9-3-1-7-14(16)20(25)22-19/h1-4,7-10,19,21H,5-6,11-13H2,(H,22,25). The number of benzene rings is 2. The molecule has 1 fully saturated rings. The predicted octanol–water partition coefficient (Wildman–Crippen LogP) is 2.54. The van der Waals surface area contributed by atoms with Gasteiger partial charge in [-0.2, -0.15) is 0 Å². The highest BCUT2D eigenvalue weighted by molar-refractivity contribution is 6.01. The summed E-state index contributed by atoms with van der Waals surface area (Å²) in [6.45, 7) is 1.62. The van der Waals surface area contributed by atoms with Crippen molar-refractivity contribution in [3.8, 4) is 5.75 Å².